The summed E-state index contributed by atoms with van der Waals surface area (Å²) in [5.41, 5.74) is 11.5. The Bertz CT molecular complexity index is 114. The molecule has 0 spiro atoms. The highest BCUT2D eigenvalue weighted by Gasteiger charge is 2.36. The van der Waals surface area contributed by atoms with E-state index in [9.17, 15) is 0 Å². The molecular weight excluding hydrogens is 160 g/mol. The Balaban J connectivity index is 0. The average molecular weight is 181 g/mol. The van der Waals surface area contributed by atoms with E-state index in [4.69, 9.17) is 11.5 Å². The maximum Gasteiger partial charge on any atom is 0.0163 e. The highest BCUT2D eigenvalue weighted by Crippen LogP contribution is 2.30. The molecule has 2 nitrogen and oxygen atoms in total. The first-order valence-electron chi connectivity index (χ1n) is 3.74. The number of halogens is 1. The fourth-order valence-corrected chi connectivity index (χ4v) is 0.587. The third-order valence-corrected chi connectivity index (χ3v) is 2.80. The van der Waals surface area contributed by atoms with Crippen LogP contribution in [-0.2, 0) is 0 Å². The van der Waals surface area contributed by atoms with Gasteiger partial charge in [0.05, 0.1) is 0 Å². The molecule has 1 unspecified atom stereocenters. The van der Waals surface area contributed by atoms with Gasteiger partial charge in [0.2, 0.25) is 0 Å². The van der Waals surface area contributed by atoms with Gasteiger partial charge in [-0.1, -0.05) is 13.8 Å². The van der Waals surface area contributed by atoms with Gasteiger partial charge in [-0.05, 0) is 26.2 Å². The van der Waals surface area contributed by atoms with Gasteiger partial charge in [0.25, 0.3) is 0 Å². The number of nitrogens with two attached hydrogens (primary N) is 2. The summed E-state index contributed by atoms with van der Waals surface area (Å²) in [6.45, 7) is 10.2. The lowest BCUT2D eigenvalue weighted by Gasteiger charge is -2.41. The molecule has 70 valence electrons. The molecule has 0 radical (unpaired) electrons. The monoisotopic (exact) mass is 180 g/mol. The van der Waals surface area contributed by atoms with Crippen molar-refractivity contribution in [3.05, 3.63) is 0 Å². The number of rotatable bonds is 2. The Morgan fingerprint density at radius 3 is 1.36 bits per heavy atom. The molecule has 0 heterocycles. The topological polar surface area (TPSA) is 52.0 Å². The summed E-state index contributed by atoms with van der Waals surface area (Å²) in [7, 11) is 0. The molecule has 0 aromatic heterocycles. The third kappa shape index (κ3) is 2.97. The highest BCUT2D eigenvalue weighted by atomic mass is 35.5. The second-order valence-corrected chi connectivity index (χ2v) is 4.23. The smallest absolute Gasteiger partial charge is 0.0163 e. The van der Waals surface area contributed by atoms with E-state index in [1.165, 1.54) is 0 Å². The quantitative estimate of drug-likeness (QED) is 0.677. The summed E-state index contributed by atoms with van der Waals surface area (Å²) in [4.78, 5) is 0. The second kappa shape index (κ2) is 3.74. The van der Waals surface area contributed by atoms with Crippen LogP contribution in [0.15, 0.2) is 0 Å². The molecule has 0 amide bonds. The zero-order valence-corrected chi connectivity index (χ0v) is 8.96. The maximum atomic E-state index is 5.93. The molecule has 0 aromatic carbocycles. The summed E-state index contributed by atoms with van der Waals surface area (Å²) in [6, 6.07) is 0.132. The lowest BCUT2D eigenvalue weighted by molar-refractivity contribution is 0.166. The molecular formula is C8H21ClN2. The first-order valence-corrected chi connectivity index (χ1v) is 3.74. The zero-order valence-electron chi connectivity index (χ0n) is 8.14. The van der Waals surface area contributed by atoms with Gasteiger partial charge in [-0.25, -0.2) is 0 Å². The Morgan fingerprint density at radius 2 is 1.36 bits per heavy atom. The van der Waals surface area contributed by atoms with Crippen molar-refractivity contribution in [1.82, 2.24) is 0 Å². The van der Waals surface area contributed by atoms with Crippen molar-refractivity contribution in [3.8, 4) is 0 Å². The van der Waals surface area contributed by atoms with Gasteiger partial charge in [0, 0.05) is 11.6 Å². The van der Waals surface area contributed by atoms with Gasteiger partial charge in [-0.15, -0.1) is 12.4 Å². The van der Waals surface area contributed by atoms with Gasteiger partial charge < -0.3 is 11.5 Å². The van der Waals surface area contributed by atoms with Crippen LogP contribution in [0.2, 0.25) is 0 Å². The van der Waals surface area contributed by atoms with Crippen molar-refractivity contribution in [2.24, 2.45) is 16.9 Å². The van der Waals surface area contributed by atoms with Crippen LogP contribution in [0.5, 0.6) is 0 Å². The lowest BCUT2D eigenvalue weighted by Crippen LogP contribution is -2.55. The fourth-order valence-electron chi connectivity index (χ4n) is 0.587. The van der Waals surface area contributed by atoms with Gasteiger partial charge in [-0.3, -0.25) is 0 Å². The highest BCUT2D eigenvalue weighted by molar-refractivity contribution is 5.85. The van der Waals surface area contributed by atoms with E-state index in [1.54, 1.807) is 0 Å². The van der Waals surface area contributed by atoms with Crippen LogP contribution in [0.25, 0.3) is 0 Å². The summed E-state index contributed by atoms with van der Waals surface area (Å²) in [5, 5.41) is 0. The standard InChI is InChI=1S/C8H20N2.ClH/c1-6(9)7(2,3)8(4,5)10;/h6H,9-10H2,1-5H3;1H. The van der Waals surface area contributed by atoms with Crippen LogP contribution in [-0.4, -0.2) is 11.6 Å². The lowest BCUT2D eigenvalue weighted by atomic mass is 9.71. The number of hydrogen-bond acceptors (Lipinski definition) is 2. The molecule has 4 N–H and O–H groups in total. The van der Waals surface area contributed by atoms with Gasteiger partial charge in [0.15, 0.2) is 0 Å². The van der Waals surface area contributed by atoms with Crippen molar-refractivity contribution >= 4 is 12.4 Å². The van der Waals surface area contributed by atoms with Crippen molar-refractivity contribution in [1.29, 1.82) is 0 Å². The van der Waals surface area contributed by atoms with Crippen LogP contribution in [0.3, 0.4) is 0 Å². The molecule has 1 atom stereocenters. The Labute approximate surface area is 76.1 Å². The Hall–Kier alpha value is 0.210. The van der Waals surface area contributed by atoms with E-state index >= 15 is 0 Å². The van der Waals surface area contributed by atoms with Gasteiger partial charge in [0.1, 0.15) is 0 Å². The first-order chi connectivity index (χ1) is 4.19. The predicted molar refractivity (Wildman–Crippen MR) is 52.9 cm³/mol. The van der Waals surface area contributed by atoms with Crippen LogP contribution < -0.4 is 11.5 Å². The molecule has 0 fully saturated rings. The second-order valence-electron chi connectivity index (χ2n) is 4.23. The normalized spacial score (nSPS) is 15.5. The molecule has 0 aliphatic rings. The molecule has 0 aliphatic carbocycles. The Morgan fingerprint density at radius 1 is 1.09 bits per heavy atom. The van der Waals surface area contributed by atoms with E-state index < -0.39 is 0 Å². The molecule has 0 saturated heterocycles. The average Bonchev–Trinajstić information content (AvgIpc) is 1.62. The van der Waals surface area contributed by atoms with E-state index in [-0.39, 0.29) is 29.4 Å². The van der Waals surface area contributed by atoms with Gasteiger partial charge >= 0.3 is 0 Å². The van der Waals surface area contributed by atoms with Crippen molar-refractivity contribution < 1.29 is 0 Å². The van der Waals surface area contributed by atoms with Crippen LogP contribution in [0.1, 0.15) is 34.6 Å². The molecule has 3 heteroatoms. The fraction of sp³-hybridized carbons (Fsp3) is 1.00. The molecule has 0 rings (SSSR count). The predicted octanol–water partition coefficient (Wildman–Crippen LogP) is 1.52. The van der Waals surface area contributed by atoms with Crippen LogP contribution in [0, 0.1) is 5.41 Å². The molecule has 0 aliphatic heterocycles. The minimum atomic E-state index is -0.207. The molecule has 11 heavy (non-hydrogen) atoms. The van der Waals surface area contributed by atoms with E-state index in [2.05, 4.69) is 13.8 Å². The summed E-state index contributed by atoms with van der Waals surface area (Å²) in [6.07, 6.45) is 0. The molecule has 0 aromatic rings. The summed E-state index contributed by atoms with van der Waals surface area (Å²) < 4.78 is 0. The Kier molecular flexibility index (Phi) is 4.69. The molecule has 0 bridgehead atoms. The van der Waals surface area contributed by atoms with Gasteiger partial charge in [-0.2, -0.15) is 0 Å². The van der Waals surface area contributed by atoms with E-state index in [1.807, 2.05) is 20.8 Å². The van der Waals surface area contributed by atoms with Crippen LogP contribution in [0.4, 0.5) is 0 Å². The zero-order chi connectivity index (χ0) is 8.58. The largest absolute Gasteiger partial charge is 0.327 e. The maximum absolute atomic E-state index is 5.93. The van der Waals surface area contributed by atoms with E-state index in [0.717, 1.165) is 0 Å². The SMILES string of the molecule is CC(N)C(C)(C)C(C)(C)N.Cl. The minimum Gasteiger partial charge on any atom is -0.327 e. The number of hydrogen-bond donors (Lipinski definition) is 2. The minimum absolute atomic E-state index is 0. The third-order valence-electron chi connectivity index (χ3n) is 2.80. The van der Waals surface area contributed by atoms with Crippen molar-refractivity contribution in [2.75, 3.05) is 0 Å². The molecule has 0 saturated carbocycles. The van der Waals surface area contributed by atoms with Crippen LogP contribution >= 0.6 is 12.4 Å². The van der Waals surface area contributed by atoms with Crippen molar-refractivity contribution in [2.45, 2.75) is 46.2 Å². The summed E-state index contributed by atoms with van der Waals surface area (Å²) >= 11 is 0. The first kappa shape index (κ1) is 13.8. The van der Waals surface area contributed by atoms with Crippen molar-refractivity contribution in [3.63, 3.8) is 0 Å². The van der Waals surface area contributed by atoms with E-state index in [0.29, 0.717) is 0 Å². The summed E-state index contributed by atoms with van der Waals surface area (Å²) in [5.74, 6) is 0.